The van der Waals surface area contributed by atoms with Crippen LogP contribution in [0.15, 0.2) is 58.4 Å². The van der Waals surface area contributed by atoms with Crippen molar-refractivity contribution in [2.45, 2.75) is 6.92 Å². The molecular formula is C20H17N5O6. The largest absolute Gasteiger partial charge is 0.500 e. The number of carbonyl (C=O) groups is 1. The number of hydrogen-bond donors (Lipinski definition) is 3. The van der Waals surface area contributed by atoms with E-state index in [1.54, 1.807) is 31.2 Å². The van der Waals surface area contributed by atoms with E-state index >= 15 is 0 Å². The van der Waals surface area contributed by atoms with Crippen molar-refractivity contribution < 1.29 is 19.6 Å². The zero-order chi connectivity index (χ0) is 22.4. The summed E-state index contributed by atoms with van der Waals surface area (Å²) in [5.74, 6) is -1.41. The Balaban J connectivity index is 1.82. The van der Waals surface area contributed by atoms with Gasteiger partial charge in [0.15, 0.2) is 5.75 Å². The number of nitrogens with one attached hydrogen (secondary N) is 2. The molecule has 1 amide bonds. The quantitative estimate of drug-likeness (QED) is 0.298. The van der Waals surface area contributed by atoms with Gasteiger partial charge in [-0.05, 0) is 19.1 Å². The van der Waals surface area contributed by atoms with Crippen LogP contribution in [0.4, 0.5) is 5.69 Å². The Labute approximate surface area is 175 Å². The zero-order valence-corrected chi connectivity index (χ0v) is 16.2. The lowest BCUT2D eigenvalue weighted by Gasteiger charge is -2.07. The lowest BCUT2D eigenvalue weighted by molar-refractivity contribution is -0.386. The number of H-pyrrole nitrogens is 1. The number of nitrogens with zero attached hydrogens (tertiary/aromatic N) is 3. The number of benzene rings is 2. The van der Waals surface area contributed by atoms with Gasteiger partial charge < -0.3 is 14.8 Å². The predicted molar refractivity (Wildman–Crippen MR) is 111 cm³/mol. The Morgan fingerprint density at radius 3 is 2.74 bits per heavy atom. The van der Waals surface area contributed by atoms with Gasteiger partial charge in [0.05, 0.1) is 23.4 Å². The first kappa shape index (κ1) is 21.2. The van der Waals surface area contributed by atoms with Crippen LogP contribution in [-0.2, 0) is 0 Å². The molecule has 0 spiro atoms. The summed E-state index contributed by atoms with van der Waals surface area (Å²) < 4.78 is 5.18. The number of aromatic nitrogens is 2. The minimum atomic E-state index is -0.763. The average molecular weight is 423 g/mol. The molecule has 0 aliphatic rings. The smallest absolute Gasteiger partial charge is 0.346 e. The van der Waals surface area contributed by atoms with Crippen molar-refractivity contribution in [1.82, 2.24) is 15.4 Å². The standard InChI is InChI=1S/C20H17N5O6/c1-2-31-17-9-12(8-16(18(17)26)25(29)30)11-21-24-19(27)15-10-14(22-20(28)23-15)13-6-4-3-5-7-13/h3-11,26H,2H2,1H3,(H,24,27)(H,22,23,28)/b21-11+. The van der Waals surface area contributed by atoms with E-state index in [4.69, 9.17) is 4.74 Å². The molecule has 0 saturated carbocycles. The van der Waals surface area contributed by atoms with Crippen molar-refractivity contribution in [2.24, 2.45) is 5.10 Å². The number of rotatable bonds is 7. The lowest BCUT2D eigenvalue weighted by atomic mass is 10.1. The van der Waals surface area contributed by atoms with Gasteiger partial charge in [0.25, 0.3) is 5.91 Å². The Morgan fingerprint density at radius 1 is 1.32 bits per heavy atom. The normalized spacial score (nSPS) is 10.7. The van der Waals surface area contributed by atoms with Crippen LogP contribution in [0.2, 0.25) is 0 Å². The van der Waals surface area contributed by atoms with Crippen LogP contribution in [-0.4, -0.2) is 38.7 Å². The molecule has 0 atom stereocenters. The SMILES string of the molecule is CCOc1cc(/C=N/NC(=O)c2cc(-c3ccccc3)nc(=O)[nH]2)cc([N+](=O)[O-])c1O. The Hall–Kier alpha value is -4.54. The maximum absolute atomic E-state index is 12.4. The predicted octanol–water partition coefficient (Wildman–Crippen LogP) is 2.21. The summed E-state index contributed by atoms with van der Waals surface area (Å²) in [6.07, 6.45) is 1.14. The van der Waals surface area contributed by atoms with Crippen molar-refractivity contribution in [1.29, 1.82) is 0 Å². The van der Waals surface area contributed by atoms with E-state index in [2.05, 4.69) is 20.5 Å². The van der Waals surface area contributed by atoms with E-state index in [1.807, 2.05) is 6.07 Å². The molecule has 2 aromatic carbocycles. The van der Waals surface area contributed by atoms with Gasteiger partial charge in [0.1, 0.15) is 5.69 Å². The molecule has 3 aromatic rings. The van der Waals surface area contributed by atoms with Crippen LogP contribution in [0, 0.1) is 10.1 Å². The highest BCUT2D eigenvalue weighted by molar-refractivity contribution is 5.94. The molecule has 3 N–H and O–H groups in total. The molecule has 0 radical (unpaired) electrons. The molecule has 11 heteroatoms. The number of nitro benzene ring substituents is 1. The lowest BCUT2D eigenvalue weighted by Crippen LogP contribution is -2.24. The number of amides is 1. The third-order valence-corrected chi connectivity index (χ3v) is 4.01. The first-order valence-corrected chi connectivity index (χ1v) is 9.03. The zero-order valence-electron chi connectivity index (χ0n) is 16.2. The number of hydrazone groups is 1. The Bertz CT molecular complexity index is 1210. The van der Waals surface area contributed by atoms with Crippen molar-refractivity contribution in [3.63, 3.8) is 0 Å². The second-order valence-electron chi connectivity index (χ2n) is 6.13. The van der Waals surface area contributed by atoms with Gasteiger partial charge in [-0.3, -0.25) is 14.9 Å². The monoisotopic (exact) mass is 423 g/mol. The molecule has 3 rings (SSSR count). The molecule has 0 fully saturated rings. The molecule has 1 heterocycles. The third-order valence-electron chi connectivity index (χ3n) is 4.01. The molecule has 1 aromatic heterocycles. The number of aromatic amines is 1. The van der Waals surface area contributed by atoms with Gasteiger partial charge in [0.2, 0.25) is 5.75 Å². The average Bonchev–Trinajstić information content (AvgIpc) is 2.75. The Kier molecular flexibility index (Phi) is 6.36. The molecule has 0 unspecified atom stereocenters. The van der Waals surface area contributed by atoms with E-state index in [0.717, 1.165) is 12.3 Å². The number of ether oxygens (including phenoxy) is 1. The Morgan fingerprint density at radius 2 is 2.06 bits per heavy atom. The number of phenols is 1. The second-order valence-corrected chi connectivity index (χ2v) is 6.13. The summed E-state index contributed by atoms with van der Waals surface area (Å²) >= 11 is 0. The van der Waals surface area contributed by atoms with E-state index < -0.39 is 28.0 Å². The van der Waals surface area contributed by atoms with E-state index in [9.17, 15) is 24.8 Å². The first-order valence-electron chi connectivity index (χ1n) is 9.03. The van der Waals surface area contributed by atoms with Crippen LogP contribution < -0.4 is 15.9 Å². The third kappa shape index (κ3) is 5.09. The van der Waals surface area contributed by atoms with E-state index in [-0.39, 0.29) is 23.6 Å². The molecule has 158 valence electrons. The highest BCUT2D eigenvalue weighted by Gasteiger charge is 2.19. The van der Waals surface area contributed by atoms with Crippen LogP contribution in [0.5, 0.6) is 11.5 Å². The van der Waals surface area contributed by atoms with Crippen LogP contribution in [0.1, 0.15) is 23.0 Å². The van der Waals surface area contributed by atoms with E-state index in [1.165, 1.54) is 12.1 Å². The summed E-state index contributed by atoms with van der Waals surface area (Å²) in [6, 6.07) is 12.7. The number of nitro groups is 1. The van der Waals surface area contributed by atoms with E-state index in [0.29, 0.717) is 11.3 Å². The van der Waals surface area contributed by atoms with Gasteiger partial charge >= 0.3 is 11.4 Å². The molecule has 0 saturated heterocycles. The van der Waals surface area contributed by atoms with Crippen molar-refractivity contribution in [3.8, 4) is 22.8 Å². The maximum Gasteiger partial charge on any atom is 0.346 e. The molecule has 0 aliphatic heterocycles. The number of carbonyl (C=O) groups excluding carboxylic acids is 1. The highest BCUT2D eigenvalue weighted by Crippen LogP contribution is 2.36. The van der Waals surface area contributed by atoms with Crippen LogP contribution in [0.3, 0.4) is 0 Å². The van der Waals surface area contributed by atoms with Gasteiger partial charge in [-0.15, -0.1) is 0 Å². The van der Waals surface area contributed by atoms with Gasteiger partial charge in [-0.2, -0.15) is 10.1 Å². The summed E-state index contributed by atoms with van der Waals surface area (Å²) in [5, 5.41) is 24.8. The maximum atomic E-state index is 12.4. The summed E-state index contributed by atoms with van der Waals surface area (Å²) in [7, 11) is 0. The molecular weight excluding hydrogens is 406 g/mol. The summed E-state index contributed by atoms with van der Waals surface area (Å²) in [6.45, 7) is 1.84. The molecule has 0 bridgehead atoms. The number of aromatic hydroxyl groups is 1. The van der Waals surface area contributed by atoms with Crippen molar-refractivity contribution >= 4 is 17.8 Å². The van der Waals surface area contributed by atoms with Gasteiger partial charge in [0, 0.05) is 17.2 Å². The second kappa shape index (κ2) is 9.31. The van der Waals surface area contributed by atoms with Crippen LogP contribution >= 0.6 is 0 Å². The van der Waals surface area contributed by atoms with Crippen molar-refractivity contribution in [3.05, 3.63) is 80.4 Å². The number of hydrogen-bond acceptors (Lipinski definition) is 8. The fourth-order valence-electron chi connectivity index (χ4n) is 2.66. The van der Waals surface area contributed by atoms with Gasteiger partial charge in [-0.1, -0.05) is 30.3 Å². The minimum Gasteiger partial charge on any atom is -0.500 e. The fraction of sp³-hybridized carbons (Fsp3) is 0.100. The fourth-order valence-corrected chi connectivity index (χ4v) is 2.66. The molecule has 0 aliphatic carbocycles. The summed E-state index contributed by atoms with van der Waals surface area (Å²) in [5.41, 5.74) is 2.07. The van der Waals surface area contributed by atoms with Crippen LogP contribution in [0.25, 0.3) is 11.3 Å². The van der Waals surface area contributed by atoms with Gasteiger partial charge in [-0.25, -0.2) is 10.2 Å². The first-order chi connectivity index (χ1) is 14.9. The minimum absolute atomic E-state index is 0.0669. The van der Waals surface area contributed by atoms with Crippen molar-refractivity contribution in [2.75, 3.05) is 6.61 Å². The molecule has 31 heavy (non-hydrogen) atoms. The summed E-state index contributed by atoms with van der Waals surface area (Å²) in [4.78, 5) is 40.7. The highest BCUT2D eigenvalue weighted by atomic mass is 16.6. The molecule has 11 nitrogen and oxygen atoms in total. The topological polar surface area (TPSA) is 160 Å². The number of phenolic OH excluding ortho intramolecular Hbond substituents is 1.